The molecule has 9 heteroatoms. The third-order valence-corrected chi connectivity index (χ3v) is 8.08. The maximum absolute atomic E-state index is 12.9. The predicted octanol–water partition coefficient (Wildman–Crippen LogP) is 6.03. The number of carboxylic acids is 1. The number of aryl methyl sites for hydroxylation is 1. The van der Waals surface area contributed by atoms with Crippen LogP contribution in [0.3, 0.4) is 0 Å². The summed E-state index contributed by atoms with van der Waals surface area (Å²) in [5.41, 5.74) is 3.82. The smallest absolute Gasteiger partial charge is 0.314 e. The van der Waals surface area contributed by atoms with E-state index in [1.807, 2.05) is 48.5 Å². The number of nitrogens with zero attached hydrogens (tertiary/aromatic N) is 1. The first-order chi connectivity index (χ1) is 17.2. The zero-order chi connectivity index (χ0) is 25.5. The van der Waals surface area contributed by atoms with Crippen molar-refractivity contribution in [2.75, 3.05) is 4.72 Å². The number of aliphatic carboxylic acids is 1. The Hall–Kier alpha value is -3.62. The van der Waals surface area contributed by atoms with Gasteiger partial charge in [-0.05, 0) is 48.1 Å². The van der Waals surface area contributed by atoms with Crippen molar-refractivity contribution in [2.45, 2.75) is 30.9 Å². The van der Waals surface area contributed by atoms with Gasteiger partial charge < -0.3 is 9.63 Å². The van der Waals surface area contributed by atoms with Crippen LogP contribution in [-0.2, 0) is 26.0 Å². The van der Waals surface area contributed by atoms with Crippen LogP contribution in [0.1, 0.15) is 29.7 Å². The minimum Gasteiger partial charge on any atom is -0.481 e. The minimum absolute atomic E-state index is 0.280. The van der Waals surface area contributed by atoms with Gasteiger partial charge in [0.15, 0.2) is 5.76 Å². The van der Waals surface area contributed by atoms with E-state index in [2.05, 4.69) is 9.88 Å². The molecule has 184 valence electrons. The monoisotopic (exact) mass is 522 g/mol. The molecule has 2 N–H and O–H groups in total. The van der Waals surface area contributed by atoms with Crippen molar-refractivity contribution in [2.24, 2.45) is 0 Å². The number of hydrogen-bond acceptors (Lipinski definition) is 5. The molecular weight excluding hydrogens is 500 g/mol. The Kier molecular flexibility index (Phi) is 6.10. The summed E-state index contributed by atoms with van der Waals surface area (Å²) < 4.78 is 33.8. The number of sulfonamides is 1. The van der Waals surface area contributed by atoms with Gasteiger partial charge in [-0.25, -0.2) is 8.42 Å². The summed E-state index contributed by atoms with van der Waals surface area (Å²) in [5, 5.41) is 13.8. The molecule has 0 radical (unpaired) electrons. The van der Waals surface area contributed by atoms with E-state index in [9.17, 15) is 18.3 Å². The normalized spacial score (nSPS) is 14.4. The fourth-order valence-corrected chi connectivity index (χ4v) is 5.81. The maximum Gasteiger partial charge on any atom is 0.314 e. The Morgan fingerprint density at radius 1 is 1.00 bits per heavy atom. The summed E-state index contributed by atoms with van der Waals surface area (Å²) in [4.78, 5) is 11.6. The van der Waals surface area contributed by atoms with Crippen LogP contribution in [-0.4, -0.2) is 24.7 Å². The van der Waals surface area contributed by atoms with Crippen LogP contribution in [0.5, 0.6) is 0 Å². The lowest BCUT2D eigenvalue weighted by Crippen LogP contribution is -2.19. The zero-order valence-corrected chi connectivity index (χ0v) is 20.9. The van der Waals surface area contributed by atoms with Crippen LogP contribution >= 0.6 is 11.6 Å². The molecule has 1 heterocycles. The summed E-state index contributed by atoms with van der Waals surface area (Å²) in [6.07, 6.45) is 1.33. The largest absolute Gasteiger partial charge is 0.481 e. The van der Waals surface area contributed by atoms with Gasteiger partial charge in [0, 0.05) is 10.6 Å². The number of halogens is 1. The third kappa shape index (κ3) is 4.62. The lowest BCUT2D eigenvalue weighted by molar-refractivity contribution is -0.140. The van der Waals surface area contributed by atoms with Crippen molar-refractivity contribution in [3.8, 4) is 22.5 Å². The fraction of sp³-hybridized carbons (Fsp3) is 0.185. The second-order valence-electron chi connectivity index (χ2n) is 8.97. The first-order valence-corrected chi connectivity index (χ1v) is 13.4. The van der Waals surface area contributed by atoms with Crippen molar-refractivity contribution in [1.29, 1.82) is 0 Å². The van der Waals surface area contributed by atoms with Gasteiger partial charge in [-0.15, -0.1) is 0 Å². The Balaban J connectivity index is 1.36. The van der Waals surface area contributed by atoms with Gasteiger partial charge in [-0.2, -0.15) is 0 Å². The van der Waals surface area contributed by atoms with Crippen molar-refractivity contribution in [3.63, 3.8) is 0 Å². The highest BCUT2D eigenvalue weighted by Gasteiger charge is 2.51. The van der Waals surface area contributed by atoms with E-state index in [0.29, 0.717) is 40.4 Å². The minimum atomic E-state index is -3.78. The van der Waals surface area contributed by atoms with Gasteiger partial charge in [0.05, 0.1) is 11.2 Å². The second kappa shape index (κ2) is 9.11. The molecule has 3 aromatic carbocycles. The number of anilines is 1. The summed E-state index contributed by atoms with van der Waals surface area (Å²) in [7, 11) is -3.78. The van der Waals surface area contributed by atoms with E-state index in [4.69, 9.17) is 16.1 Å². The Morgan fingerprint density at radius 3 is 2.17 bits per heavy atom. The molecular formula is C27H23ClN2O5S. The molecule has 1 fully saturated rings. The lowest BCUT2D eigenvalue weighted by atomic mass is 9.93. The molecule has 0 spiro atoms. The molecule has 5 rings (SSSR count). The molecule has 1 aliphatic rings. The van der Waals surface area contributed by atoms with Crippen molar-refractivity contribution in [3.05, 3.63) is 94.6 Å². The van der Waals surface area contributed by atoms with Crippen LogP contribution < -0.4 is 4.72 Å². The zero-order valence-electron chi connectivity index (χ0n) is 19.4. The number of aromatic nitrogens is 1. The van der Waals surface area contributed by atoms with Crippen LogP contribution in [0.4, 0.5) is 5.69 Å². The van der Waals surface area contributed by atoms with E-state index in [1.165, 1.54) is 0 Å². The van der Waals surface area contributed by atoms with Crippen molar-refractivity contribution >= 4 is 33.3 Å². The Labute approximate surface area is 213 Å². The number of carboxylic acid groups (broad SMARTS) is 1. The van der Waals surface area contributed by atoms with Gasteiger partial charge >= 0.3 is 5.97 Å². The molecule has 7 nitrogen and oxygen atoms in total. The molecule has 0 unspecified atom stereocenters. The highest BCUT2D eigenvalue weighted by molar-refractivity contribution is 7.91. The number of nitrogens with one attached hydrogen (secondary N) is 1. The van der Waals surface area contributed by atoms with E-state index < -0.39 is 21.4 Å². The molecule has 0 aliphatic heterocycles. The van der Waals surface area contributed by atoms with Gasteiger partial charge in [-0.1, -0.05) is 83.5 Å². The number of rotatable bonds is 8. The highest BCUT2D eigenvalue weighted by Crippen LogP contribution is 2.48. The average Bonchev–Trinajstić information content (AvgIpc) is 3.61. The molecule has 1 saturated carbocycles. The van der Waals surface area contributed by atoms with Crippen LogP contribution in [0.2, 0.25) is 5.02 Å². The average molecular weight is 523 g/mol. The molecule has 1 aliphatic carbocycles. The summed E-state index contributed by atoms with van der Waals surface area (Å²) >= 11 is 6.13. The van der Waals surface area contributed by atoms with Gasteiger partial charge in [-0.3, -0.25) is 9.52 Å². The van der Waals surface area contributed by atoms with E-state index in [-0.39, 0.29) is 11.4 Å². The standard InChI is InChI=1S/C27H23ClN2O5S/c1-17-24(30-36(33,34)16-21-4-2-3-5-23(21)28)25(35-29-17)20-8-6-18(7-9-20)19-10-12-22(13-11-19)27(14-15-27)26(31)32/h2-13,30H,14-16H2,1H3,(H,31,32). The molecule has 0 amide bonds. The van der Waals surface area contributed by atoms with Gasteiger partial charge in [0.2, 0.25) is 10.0 Å². The van der Waals surface area contributed by atoms with Crippen molar-refractivity contribution in [1.82, 2.24) is 5.16 Å². The molecule has 1 aromatic heterocycles. The Morgan fingerprint density at radius 2 is 1.58 bits per heavy atom. The number of hydrogen-bond donors (Lipinski definition) is 2. The highest BCUT2D eigenvalue weighted by atomic mass is 35.5. The lowest BCUT2D eigenvalue weighted by Gasteiger charge is -2.11. The molecule has 0 saturated heterocycles. The van der Waals surface area contributed by atoms with Crippen molar-refractivity contribution < 1.29 is 22.8 Å². The topological polar surface area (TPSA) is 110 Å². The van der Waals surface area contributed by atoms with E-state index in [0.717, 1.165) is 16.7 Å². The summed E-state index contributed by atoms with van der Waals surface area (Å²) in [5.74, 6) is -0.746. The first-order valence-electron chi connectivity index (χ1n) is 11.3. The number of carbonyl (C=O) groups is 1. The predicted molar refractivity (Wildman–Crippen MR) is 138 cm³/mol. The molecule has 36 heavy (non-hydrogen) atoms. The molecule has 0 bridgehead atoms. The van der Waals surface area contributed by atoms with Crippen LogP contribution in [0.15, 0.2) is 77.3 Å². The van der Waals surface area contributed by atoms with E-state index >= 15 is 0 Å². The third-order valence-electron chi connectivity index (χ3n) is 6.50. The summed E-state index contributed by atoms with van der Waals surface area (Å²) in [6, 6.07) is 21.8. The molecule has 0 atom stereocenters. The quantitative estimate of drug-likeness (QED) is 0.292. The maximum atomic E-state index is 12.9. The second-order valence-corrected chi connectivity index (χ2v) is 11.1. The van der Waals surface area contributed by atoms with E-state index in [1.54, 1.807) is 31.2 Å². The first kappa shape index (κ1) is 24.1. The Bertz CT molecular complexity index is 1540. The molecule has 4 aromatic rings. The number of benzene rings is 3. The van der Waals surface area contributed by atoms with Gasteiger partial charge in [0.25, 0.3) is 0 Å². The fourth-order valence-electron chi connectivity index (χ4n) is 4.25. The van der Waals surface area contributed by atoms with Crippen LogP contribution in [0, 0.1) is 6.92 Å². The van der Waals surface area contributed by atoms with Crippen LogP contribution in [0.25, 0.3) is 22.5 Å². The van der Waals surface area contributed by atoms with Gasteiger partial charge in [0.1, 0.15) is 11.4 Å². The SMILES string of the molecule is Cc1noc(-c2ccc(-c3ccc(C4(C(=O)O)CC4)cc3)cc2)c1NS(=O)(=O)Cc1ccccc1Cl. The summed E-state index contributed by atoms with van der Waals surface area (Å²) in [6.45, 7) is 1.67.